The molecule has 0 fully saturated rings. The van der Waals surface area contributed by atoms with Crippen molar-refractivity contribution in [2.45, 2.75) is 39.3 Å². The van der Waals surface area contributed by atoms with Gasteiger partial charge in [0.15, 0.2) is 18.1 Å². The highest BCUT2D eigenvalue weighted by molar-refractivity contribution is 5.77. The summed E-state index contributed by atoms with van der Waals surface area (Å²) in [6.45, 7) is 5.70. The van der Waals surface area contributed by atoms with Gasteiger partial charge in [0.05, 0.1) is 7.11 Å². The predicted octanol–water partition coefficient (Wildman–Crippen LogP) is 1.49. The molecule has 3 N–H and O–H groups in total. The van der Waals surface area contributed by atoms with E-state index in [4.69, 9.17) is 15.2 Å². The van der Waals surface area contributed by atoms with Crippen LogP contribution in [0.3, 0.4) is 0 Å². The molecule has 0 heterocycles. The molecular formula is C15H24N2O3. The lowest BCUT2D eigenvalue weighted by Gasteiger charge is -2.16. The summed E-state index contributed by atoms with van der Waals surface area (Å²) in [5, 5.41) is 2.78. The molecule has 1 atom stereocenters. The molecule has 0 saturated heterocycles. The number of rotatable bonds is 7. The molecule has 0 bridgehead atoms. The number of nitrogens with one attached hydrogen (secondary N) is 1. The maximum absolute atomic E-state index is 11.7. The van der Waals surface area contributed by atoms with E-state index >= 15 is 0 Å². The van der Waals surface area contributed by atoms with Gasteiger partial charge in [0, 0.05) is 12.1 Å². The van der Waals surface area contributed by atoms with Gasteiger partial charge in [-0.3, -0.25) is 4.79 Å². The number of para-hydroxylation sites is 1. The van der Waals surface area contributed by atoms with Crippen LogP contribution >= 0.6 is 0 Å². The predicted molar refractivity (Wildman–Crippen MR) is 79.1 cm³/mol. The summed E-state index contributed by atoms with van der Waals surface area (Å²) in [6.07, 6.45) is 0.665. The van der Waals surface area contributed by atoms with Gasteiger partial charge in [0.1, 0.15) is 0 Å². The Kier molecular flexibility index (Phi) is 6.31. The zero-order valence-corrected chi connectivity index (χ0v) is 12.6. The molecule has 0 saturated carbocycles. The molecule has 20 heavy (non-hydrogen) atoms. The third-order valence-electron chi connectivity index (χ3n) is 2.62. The van der Waals surface area contributed by atoms with Crippen molar-refractivity contribution in [1.29, 1.82) is 0 Å². The molecule has 1 amide bonds. The fraction of sp³-hybridized carbons (Fsp3) is 0.533. The van der Waals surface area contributed by atoms with E-state index in [1.165, 1.54) is 0 Å². The molecule has 0 aliphatic heterocycles. The van der Waals surface area contributed by atoms with E-state index in [9.17, 15) is 4.79 Å². The summed E-state index contributed by atoms with van der Waals surface area (Å²) in [5.74, 6) is 1.05. The normalized spacial score (nSPS) is 12.1. The minimum atomic E-state index is -0.155. The molecule has 1 rings (SSSR count). The van der Waals surface area contributed by atoms with Gasteiger partial charge in [-0.15, -0.1) is 0 Å². The summed E-state index contributed by atoms with van der Waals surface area (Å²) < 4.78 is 10.9. The molecule has 0 aliphatic rings. The Morgan fingerprint density at radius 3 is 2.60 bits per heavy atom. The topological polar surface area (TPSA) is 73.6 Å². The Hall–Kier alpha value is -1.75. The van der Waals surface area contributed by atoms with E-state index in [2.05, 4.69) is 5.32 Å². The van der Waals surface area contributed by atoms with Crippen LogP contribution in [0.15, 0.2) is 18.2 Å². The van der Waals surface area contributed by atoms with E-state index in [0.29, 0.717) is 17.9 Å². The number of benzene rings is 1. The van der Waals surface area contributed by atoms with Crippen molar-refractivity contribution < 1.29 is 14.3 Å². The summed E-state index contributed by atoms with van der Waals surface area (Å²) >= 11 is 0. The minimum Gasteiger partial charge on any atom is -0.493 e. The second-order valence-electron chi connectivity index (χ2n) is 5.14. The summed E-state index contributed by atoms with van der Waals surface area (Å²) in [5.41, 5.74) is 6.77. The van der Waals surface area contributed by atoms with Gasteiger partial charge in [-0.1, -0.05) is 12.1 Å². The van der Waals surface area contributed by atoms with Crippen molar-refractivity contribution >= 4 is 5.91 Å². The Labute approximate surface area is 120 Å². The van der Waals surface area contributed by atoms with E-state index in [1.54, 1.807) is 13.2 Å². The Balaban J connectivity index is 2.82. The molecule has 0 aromatic heterocycles. The zero-order chi connectivity index (χ0) is 15.1. The van der Waals surface area contributed by atoms with Gasteiger partial charge in [0.2, 0.25) is 0 Å². The quantitative estimate of drug-likeness (QED) is 0.793. The molecule has 5 nitrogen and oxygen atoms in total. The van der Waals surface area contributed by atoms with Gasteiger partial charge >= 0.3 is 0 Å². The molecule has 1 aromatic carbocycles. The van der Waals surface area contributed by atoms with Crippen LogP contribution in [0.4, 0.5) is 0 Å². The standard InChI is InChI=1S/C15H24N2O3/c1-10(2)17-14(18)9-20-15-12(8-11(3)16)6-5-7-13(15)19-4/h5-7,10-11H,8-9,16H2,1-4H3,(H,17,18). The van der Waals surface area contributed by atoms with Gasteiger partial charge in [-0.25, -0.2) is 0 Å². The molecule has 1 aromatic rings. The Bertz CT molecular complexity index is 445. The maximum atomic E-state index is 11.7. The van der Waals surface area contributed by atoms with Crippen molar-refractivity contribution in [2.75, 3.05) is 13.7 Å². The highest BCUT2D eigenvalue weighted by Gasteiger charge is 2.14. The monoisotopic (exact) mass is 280 g/mol. The van der Waals surface area contributed by atoms with Crippen molar-refractivity contribution in [3.8, 4) is 11.5 Å². The summed E-state index contributed by atoms with van der Waals surface area (Å²) in [4.78, 5) is 11.7. The number of methoxy groups -OCH3 is 1. The summed E-state index contributed by atoms with van der Waals surface area (Å²) in [7, 11) is 1.58. The third-order valence-corrected chi connectivity index (χ3v) is 2.62. The number of ether oxygens (including phenoxy) is 2. The van der Waals surface area contributed by atoms with Crippen molar-refractivity contribution in [1.82, 2.24) is 5.32 Å². The van der Waals surface area contributed by atoms with Crippen molar-refractivity contribution in [3.63, 3.8) is 0 Å². The molecule has 0 aliphatic carbocycles. The van der Waals surface area contributed by atoms with Gasteiger partial charge < -0.3 is 20.5 Å². The van der Waals surface area contributed by atoms with Crippen LogP contribution in [0.2, 0.25) is 0 Å². The fourth-order valence-corrected chi connectivity index (χ4v) is 1.89. The molecule has 0 spiro atoms. The number of hydrogen-bond acceptors (Lipinski definition) is 4. The summed E-state index contributed by atoms with van der Waals surface area (Å²) in [6, 6.07) is 5.72. The fourth-order valence-electron chi connectivity index (χ4n) is 1.89. The lowest BCUT2D eigenvalue weighted by Crippen LogP contribution is -2.34. The van der Waals surface area contributed by atoms with Crippen molar-refractivity contribution in [2.24, 2.45) is 5.73 Å². The van der Waals surface area contributed by atoms with Crippen LogP contribution < -0.4 is 20.5 Å². The van der Waals surface area contributed by atoms with Gasteiger partial charge in [-0.2, -0.15) is 0 Å². The second-order valence-corrected chi connectivity index (χ2v) is 5.14. The van der Waals surface area contributed by atoms with E-state index in [1.807, 2.05) is 32.9 Å². The molecule has 5 heteroatoms. The first kappa shape index (κ1) is 16.3. The Morgan fingerprint density at radius 1 is 1.35 bits per heavy atom. The van der Waals surface area contributed by atoms with Crippen LogP contribution in [-0.2, 0) is 11.2 Å². The first-order chi connectivity index (χ1) is 9.43. The van der Waals surface area contributed by atoms with E-state index in [-0.39, 0.29) is 24.6 Å². The number of carbonyl (C=O) groups excluding carboxylic acids is 1. The van der Waals surface area contributed by atoms with Crippen LogP contribution in [0, 0.1) is 0 Å². The number of hydrogen-bond donors (Lipinski definition) is 2. The molecule has 0 radical (unpaired) electrons. The molecular weight excluding hydrogens is 256 g/mol. The van der Waals surface area contributed by atoms with Crippen LogP contribution in [0.1, 0.15) is 26.3 Å². The lowest BCUT2D eigenvalue weighted by atomic mass is 10.1. The maximum Gasteiger partial charge on any atom is 0.258 e. The number of amides is 1. The Morgan fingerprint density at radius 2 is 2.05 bits per heavy atom. The highest BCUT2D eigenvalue weighted by atomic mass is 16.5. The van der Waals surface area contributed by atoms with E-state index in [0.717, 1.165) is 5.56 Å². The molecule has 112 valence electrons. The van der Waals surface area contributed by atoms with Gasteiger partial charge in [0.25, 0.3) is 5.91 Å². The number of carbonyl (C=O) groups is 1. The van der Waals surface area contributed by atoms with Gasteiger partial charge in [-0.05, 0) is 38.8 Å². The third kappa shape index (κ3) is 5.09. The average Bonchev–Trinajstić information content (AvgIpc) is 2.35. The SMILES string of the molecule is COc1cccc(CC(C)N)c1OCC(=O)NC(C)C. The zero-order valence-electron chi connectivity index (χ0n) is 12.6. The average molecular weight is 280 g/mol. The first-order valence-electron chi connectivity index (χ1n) is 6.77. The highest BCUT2D eigenvalue weighted by Crippen LogP contribution is 2.31. The van der Waals surface area contributed by atoms with Crippen LogP contribution in [0.25, 0.3) is 0 Å². The minimum absolute atomic E-state index is 0.00828. The molecule has 1 unspecified atom stereocenters. The van der Waals surface area contributed by atoms with Crippen molar-refractivity contribution in [3.05, 3.63) is 23.8 Å². The van der Waals surface area contributed by atoms with Crippen LogP contribution in [-0.4, -0.2) is 31.7 Å². The lowest BCUT2D eigenvalue weighted by molar-refractivity contribution is -0.123. The van der Waals surface area contributed by atoms with Crippen LogP contribution in [0.5, 0.6) is 11.5 Å². The largest absolute Gasteiger partial charge is 0.493 e. The number of nitrogens with two attached hydrogens (primary N) is 1. The second kappa shape index (κ2) is 7.75. The first-order valence-corrected chi connectivity index (χ1v) is 6.77. The smallest absolute Gasteiger partial charge is 0.258 e. The van der Waals surface area contributed by atoms with E-state index < -0.39 is 0 Å².